The van der Waals surface area contributed by atoms with E-state index in [1.54, 1.807) is 24.3 Å². The van der Waals surface area contributed by atoms with Gasteiger partial charge in [0.2, 0.25) is 5.91 Å². The molecule has 23 heavy (non-hydrogen) atoms. The van der Waals surface area contributed by atoms with Crippen LogP contribution in [-0.4, -0.2) is 17.1 Å². The summed E-state index contributed by atoms with van der Waals surface area (Å²) in [5.41, 5.74) is 3.50. The topological polar surface area (TPSA) is 49.3 Å². The maximum atomic E-state index is 12.2. The standard InChI is InChI=1S/C19H18ClNO2/c20-13-7-5-11(6-8-13)16(22)10-17(23)21-19-15-9-12-3-1-2-4-14(12)18(15)19/h1-8,15-16,18-19,22H,9-10H2,(H,21,23). The lowest BCUT2D eigenvalue weighted by atomic mass is 10.0. The smallest absolute Gasteiger partial charge is 0.223 e. The normalized spacial score (nSPS) is 25.4. The van der Waals surface area contributed by atoms with Crippen LogP contribution in [0.5, 0.6) is 0 Å². The molecule has 2 aromatic rings. The minimum atomic E-state index is -0.793. The zero-order valence-electron chi connectivity index (χ0n) is 12.6. The van der Waals surface area contributed by atoms with E-state index in [0.29, 0.717) is 22.4 Å². The van der Waals surface area contributed by atoms with Crippen molar-refractivity contribution in [1.82, 2.24) is 5.32 Å². The largest absolute Gasteiger partial charge is 0.388 e. The fourth-order valence-corrected chi connectivity index (χ4v) is 3.90. The lowest BCUT2D eigenvalue weighted by Gasteiger charge is -2.13. The molecule has 0 saturated heterocycles. The predicted molar refractivity (Wildman–Crippen MR) is 89.3 cm³/mol. The summed E-state index contributed by atoms with van der Waals surface area (Å²) in [5, 5.41) is 13.9. The minimum Gasteiger partial charge on any atom is -0.388 e. The second-order valence-corrected chi connectivity index (χ2v) is 6.89. The molecule has 0 aromatic heterocycles. The molecule has 0 aliphatic heterocycles. The molecule has 1 amide bonds. The summed E-state index contributed by atoms with van der Waals surface area (Å²) in [4.78, 5) is 12.2. The zero-order valence-corrected chi connectivity index (χ0v) is 13.3. The Morgan fingerprint density at radius 2 is 1.96 bits per heavy atom. The Balaban J connectivity index is 1.35. The number of fused-ring (bicyclic) bond motifs is 3. The Labute approximate surface area is 140 Å². The monoisotopic (exact) mass is 327 g/mol. The first-order valence-corrected chi connectivity index (χ1v) is 8.32. The van der Waals surface area contributed by atoms with Gasteiger partial charge >= 0.3 is 0 Å². The number of nitrogens with one attached hydrogen (secondary N) is 1. The van der Waals surface area contributed by atoms with Crippen LogP contribution in [-0.2, 0) is 11.2 Å². The first-order chi connectivity index (χ1) is 11.1. The Kier molecular flexibility index (Phi) is 3.63. The maximum Gasteiger partial charge on any atom is 0.223 e. The molecule has 4 atom stereocenters. The van der Waals surface area contributed by atoms with Crippen molar-refractivity contribution >= 4 is 17.5 Å². The van der Waals surface area contributed by atoms with Crippen LogP contribution in [0.3, 0.4) is 0 Å². The fraction of sp³-hybridized carbons (Fsp3) is 0.316. The summed E-state index contributed by atoms with van der Waals surface area (Å²) in [6.45, 7) is 0. The molecule has 1 fully saturated rings. The molecule has 0 spiro atoms. The zero-order chi connectivity index (χ0) is 16.0. The molecule has 118 valence electrons. The van der Waals surface area contributed by atoms with E-state index in [9.17, 15) is 9.90 Å². The highest BCUT2D eigenvalue weighted by molar-refractivity contribution is 6.30. The van der Waals surface area contributed by atoms with Crippen LogP contribution in [0.25, 0.3) is 0 Å². The first-order valence-electron chi connectivity index (χ1n) is 7.94. The van der Waals surface area contributed by atoms with Crippen LogP contribution in [0.2, 0.25) is 5.02 Å². The first kappa shape index (κ1) is 14.7. The van der Waals surface area contributed by atoms with Crippen LogP contribution < -0.4 is 5.32 Å². The Morgan fingerprint density at radius 1 is 1.22 bits per heavy atom. The van der Waals surface area contributed by atoms with Crippen LogP contribution in [0, 0.1) is 5.92 Å². The number of halogens is 1. The van der Waals surface area contributed by atoms with E-state index in [4.69, 9.17) is 11.6 Å². The third-order valence-electron chi connectivity index (χ3n) is 5.00. The van der Waals surface area contributed by atoms with Gasteiger partial charge in [0.05, 0.1) is 12.5 Å². The van der Waals surface area contributed by atoms with Gasteiger partial charge < -0.3 is 10.4 Å². The Hall–Kier alpha value is -1.84. The van der Waals surface area contributed by atoms with Crippen molar-refractivity contribution < 1.29 is 9.90 Å². The molecule has 2 aliphatic carbocycles. The quantitative estimate of drug-likeness (QED) is 0.906. The van der Waals surface area contributed by atoms with Crippen LogP contribution in [0.15, 0.2) is 48.5 Å². The average Bonchev–Trinajstić information content (AvgIpc) is 3.05. The number of rotatable bonds is 4. The number of aliphatic hydroxyl groups excluding tert-OH is 1. The van der Waals surface area contributed by atoms with Crippen molar-refractivity contribution in [3.8, 4) is 0 Å². The van der Waals surface area contributed by atoms with Gasteiger partial charge in [-0.1, -0.05) is 48.0 Å². The van der Waals surface area contributed by atoms with Gasteiger partial charge in [0.25, 0.3) is 0 Å². The summed E-state index contributed by atoms with van der Waals surface area (Å²) >= 11 is 5.83. The molecule has 2 aliphatic rings. The molecule has 2 aromatic carbocycles. The molecule has 4 heteroatoms. The maximum absolute atomic E-state index is 12.2. The van der Waals surface area contributed by atoms with E-state index in [1.165, 1.54) is 11.1 Å². The molecule has 0 bridgehead atoms. The molecular weight excluding hydrogens is 310 g/mol. The van der Waals surface area contributed by atoms with E-state index in [1.807, 2.05) is 0 Å². The molecule has 3 nitrogen and oxygen atoms in total. The average molecular weight is 328 g/mol. The molecule has 4 rings (SSSR count). The van der Waals surface area contributed by atoms with Gasteiger partial charge in [-0.15, -0.1) is 0 Å². The van der Waals surface area contributed by atoms with Crippen molar-refractivity contribution in [3.63, 3.8) is 0 Å². The van der Waals surface area contributed by atoms with Crippen LogP contribution >= 0.6 is 11.6 Å². The summed E-state index contributed by atoms with van der Waals surface area (Å²) in [5.74, 6) is 0.899. The summed E-state index contributed by atoms with van der Waals surface area (Å²) in [6, 6.07) is 15.6. The van der Waals surface area contributed by atoms with E-state index < -0.39 is 6.10 Å². The van der Waals surface area contributed by atoms with Crippen LogP contribution in [0.4, 0.5) is 0 Å². The molecule has 0 radical (unpaired) electrons. The number of amides is 1. The fourth-order valence-electron chi connectivity index (χ4n) is 3.77. The van der Waals surface area contributed by atoms with Crippen molar-refractivity contribution in [2.75, 3.05) is 0 Å². The Morgan fingerprint density at radius 3 is 2.74 bits per heavy atom. The van der Waals surface area contributed by atoms with E-state index >= 15 is 0 Å². The number of benzene rings is 2. The summed E-state index contributed by atoms with van der Waals surface area (Å²) < 4.78 is 0. The number of aliphatic hydroxyl groups is 1. The number of hydrogen-bond donors (Lipinski definition) is 2. The van der Waals surface area contributed by atoms with Gasteiger partial charge in [0.15, 0.2) is 0 Å². The number of carbonyl (C=O) groups excluding carboxylic acids is 1. The lowest BCUT2D eigenvalue weighted by Crippen LogP contribution is -2.29. The number of hydrogen-bond acceptors (Lipinski definition) is 2. The molecular formula is C19H18ClNO2. The van der Waals surface area contributed by atoms with Crippen molar-refractivity contribution in [3.05, 3.63) is 70.2 Å². The highest BCUT2D eigenvalue weighted by atomic mass is 35.5. The highest BCUT2D eigenvalue weighted by Gasteiger charge is 2.56. The summed E-state index contributed by atoms with van der Waals surface area (Å²) in [7, 11) is 0. The van der Waals surface area contributed by atoms with Gasteiger partial charge in [0, 0.05) is 17.0 Å². The van der Waals surface area contributed by atoms with Crippen molar-refractivity contribution in [2.24, 2.45) is 5.92 Å². The van der Waals surface area contributed by atoms with Gasteiger partial charge in [-0.3, -0.25) is 4.79 Å². The van der Waals surface area contributed by atoms with Gasteiger partial charge in [0.1, 0.15) is 0 Å². The predicted octanol–water partition coefficient (Wildman–Crippen LogP) is 3.22. The van der Waals surface area contributed by atoms with E-state index in [0.717, 1.165) is 6.42 Å². The third-order valence-corrected chi connectivity index (χ3v) is 5.25. The van der Waals surface area contributed by atoms with Crippen LogP contribution in [0.1, 0.15) is 35.1 Å². The lowest BCUT2D eigenvalue weighted by molar-refractivity contribution is -0.123. The van der Waals surface area contributed by atoms with Crippen molar-refractivity contribution in [2.45, 2.75) is 30.9 Å². The van der Waals surface area contributed by atoms with Gasteiger partial charge in [-0.25, -0.2) is 0 Å². The Bertz CT molecular complexity index is 743. The highest BCUT2D eigenvalue weighted by Crippen LogP contribution is 2.56. The molecule has 1 saturated carbocycles. The molecule has 2 N–H and O–H groups in total. The number of carbonyl (C=O) groups is 1. The van der Waals surface area contributed by atoms with Crippen molar-refractivity contribution in [1.29, 1.82) is 0 Å². The van der Waals surface area contributed by atoms with E-state index in [-0.39, 0.29) is 18.4 Å². The molecule has 0 heterocycles. The van der Waals surface area contributed by atoms with Gasteiger partial charge in [-0.2, -0.15) is 0 Å². The van der Waals surface area contributed by atoms with Gasteiger partial charge in [-0.05, 0) is 41.2 Å². The van der Waals surface area contributed by atoms with E-state index in [2.05, 4.69) is 29.6 Å². The third kappa shape index (κ3) is 2.75. The second kappa shape index (κ2) is 5.66. The summed E-state index contributed by atoms with van der Waals surface area (Å²) in [6.07, 6.45) is 0.336. The SMILES string of the molecule is O=C(CC(O)c1ccc(Cl)cc1)NC1C2Cc3ccccc3C21. The second-order valence-electron chi connectivity index (χ2n) is 6.46. The molecule has 4 unspecified atom stereocenters. The minimum absolute atomic E-state index is 0.0826.